The molecule has 1 saturated heterocycles. The van der Waals surface area contributed by atoms with Gasteiger partial charge in [0.05, 0.1) is 5.69 Å². The minimum absolute atomic E-state index is 0.295. The molecule has 3 rings (SSSR count). The van der Waals surface area contributed by atoms with Crippen molar-refractivity contribution < 1.29 is 32.2 Å². The Kier molecular flexibility index (Phi) is 8.52. The fraction of sp³-hybridized carbons (Fsp3) is 0.409. The lowest BCUT2D eigenvalue weighted by atomic mass is 10.1. The molecule has 0 spiro atoms. The summed E-state index contributed by atoms with van der Waals surface area (Å²) in [6.07, 6.45) is -5.40. The number of hydrogen-bond donors (Lipinski definition) is 2. The van der Waals surface area contributed by atoms with Gasteiger partial charge in [-0.05, 0) is 24.3 Å². The van der Waals surface area contributed by atoms with E-state index in [0.29, 0.717) is 37.4 Å². The van der Waals surface area contributed by atoms with Crippen molar-refractivity contribution >= 4 is 17.8 Å². The lowest BCUT2D eigenvalue weighted by Gasteiger charge is -2.35. The van der Waals surface area contributed by atoms with E-state index in [-0.39, 0.29) is 18.3 Å². The highest BCUT2D eigenvalue weighted by Gasteiger charge is 2.31. The Labute approximate surface area is 194 Å². The molecule has 9 nitrogen and oxygen atoms in total. The number of likely N-dealkylation sites (N-methyl/N-ethyl adjacent to an activating group) is 1. The fourth-order valence-corrected chi connectivity index (χ4v) is 3.38. The second-order valence-corrected chi connectivity index (χ2v) is 7.46. The third-order valence-corrected chi connectivity index (χ3v) is 5.10. The number of ether oxygens (including phenoxy) is 2. The molecule has 2 aromatic rings. The number of nitrogens with zero attached hydrogens (tertiary/aromatic N) is 3. The summed E-state index contributed by atoms with van der Waals surface area (Å²) in [6.45, 7) is 3.58. The molecule has 12 heteroatoms. The van der Waals surface area contributed by atoms with Gasteiger partial charge in [0.25, 0.3) is 5.91 Å². The third kappa shape index (κ3) is 7.80. The maximum absolute atomic E-state index is 12.5. The van der Waals surface area contributed by atoms with E-state index >= 15 is 0 Å². The van der Waals surface area contributed by atoms with E-state index in [2.05, 4.69) is 30.2 Å². The molecule has 2 N–H and O–H groups in total. The van der Waals surface area contributed by atoms with Gasteiger partial charge in [-0.3, -0.25) is 9.69 Å². The highest BCUT2D eigenvalue weighted by Crippen LogP contribution is 2.28. The van der Waals surface area contributed by atoms with Gasteiger partial charge in [-0.2, -0.15) is 0 Å². The Morgan fingerprint density at radius 1 is 1.09 bits per heavy atom. The largest absolute Gasteiger partial charge is 0.573 e. The first-order valence-corrected chi connectivity index (χ1v) is 10.7. The second kappa shape index (κ2) is 11.5. The maximum atomic E-state index is 12.5. The molecule has 1 aliphatic heterocycles. The summed E-state index contributed by atoms with van der Waals surface area (Å²) in [6, 6.07) is 11.1. The lowest BCUT2D eigenvalue weighted by molar-refractivity contribution is -0.274. The topological polar surface area (TPSA) is 96.0 Å². The van der Waals surface area contributed by atoms with Crippen molar-refractivity contribution in [2.24, 2.45) is 0 Å². The molecule has 1 aromatic carbocycles. The monoisotopic (exact) mass is 481 g/mol. The number of halogens is 3. The third-order valence-electron chi connectivity index (χ3n) is 5.10. The Morgan fingerprint density at radius 3 is 2.53 bits per heavy atom. The van der Waals surface area contributed by atoms with E-state index in [0.717, 1.165) is 18.9 Å². The predicted octanol–water partition coefficient (Wildman–Crippen LogP) is 2.24. The summed E-state index contributed by atoms with van der Waals surface area (Å²) in [5.74, 6) is 0.0541. The van der Waals surface area contributed by atoms with Crippen LogP contribution in [0.1, 0.15) is 0 Å². The fourth-order valence-electron chi connectivity index (χ4n) is 3.38. The second-order valence-electron chi connectivity index (χ2n) is 7.46. The van der Waals surface area contributed by atoms with Crippen LogP contribution in [-0.2, 0) is 9.53 Å². The van der Waals surface area contributed by atoms with Crippen LogP contribution in [0.3, 0.4) is 0 Å². The zero-order chi connectivity index (χ0) is 24.6. The molecule has 0 radical (unpaired) electrons. The maximum Gasteiger partial charge on any atom is 0.573 e. The van der Waals surface area contributed by atoms with Crippen molar-refractivity contribution in [3.8, 4) is 17.0 Å². The molecule has 0 saturated carbocycles. The number of aromatic nitrogens is 1. The number of anilines is 1. The molecule has 0 unspecified atom stereocenters. The van der Waals surface area contributed by atoms with Crippen LogP contribution < -0.4 is 20.3 Å². The number of carbonyl (C=O) groups excluding carboxylic acids is 2. The quantitative estimate of drug-likeness (QED) is 0.597. The number of pyridine rings is 1. The first kappa shape index (κ1) is 25.1. The molecule has 1 aromatic heterocycles. The van der Waals surface area contributed by atoms with Crippen molar-refractivity contribution in [2.45, 2.75) is 6.36 Å². The number of carbonyl (C=O) groups is 2. The van der Waals surface area contributed by atoms with Crippen LogP contribution in [0.5, 0.6) is 5.75 Å². The van der Waals surface area contributed by atoms with Gasteiger partial charge in [-0.15, -0.1) is 13.2 Å². The molecule has 0 aliphatic carbocycles. The smallest absolute Gasteiger partial charge is 0.439 e. The molecule has 34 heavy (non-hydrogen) atoms. The van der Waals surface area contributed by atoms with Crippen molar-refractivity contribution in [3.63, 3.8) is 0 Å². The van der Waals surface area contributed by atoms with Gasteiger partial charge < -0.3 is 25.0 Å². The van der Waals surface area contributed by atoms with Crippen LogP contribution in [0.25, 0.3) is 11.3 Å². The first-order chi connectivity index (χ1) is 16.2. The van der Waals surface area contributed by atoms with Crippen molar-refractivity contribution in [3.05, 3.63) is 42.5 Å². The van der Waals surface area contributed by atoms with Crippen LogP contribution >= 0.6 is 0 Å². The molecule has 0 atom stereocenters. The van der Waals surface area contributed by atoms with Gasteiger partial charge in [-0.25, -0.2) is 9.78 Å². The Morgan fingerprint density at radius 2 is 1.82 bits per heavy atom. The average Bonchev–Trinajstić information content (AvgIpc) is 2.82. The lowest BCUT2D eigenvalue weighted by Crippen LogP contribution is -2.48. The summed E-state index contributed by atoms with van der Waals surface area (Å²) >= 11 is 0. The zero-order valence-electron chi connectivity index (χ0n) is 18.6. The Balaban J connectivity index is 1.49. The number of benzene rings is 1. The number of hydrogen-bond acceptors (Lipinski definition) is 7. The van der Waals surface area contributed by atoms with Gasteiger partial charge in [0, 0.05) is 51.9 Å². The van der Waals surface area contributed by atoms with Gasteiger partial charge in [0.2, 0.25) is 0 Å². The van der Waals surface area contributed by atoms with Crippen molar-refractivity contribution in [1.29, 1.82) is 0 Å². The van der Waals surface area contributed by atoms with Gasteiger partial charge in [0.1, 0.15) is 11.6 Å². The molecule has 184 valence electrons. The number of piperazine rings is 1. The van der Waals surface area contributed by atoms with E-state index in [1.54, 1.807) is 12.1 Å². The van der Waals surface area contributed by atoms with Crippen molar-refractivity contribution in [2.75, 3.05) is 57.8 Å². The van der Waals surface area contributed by atoms with Crippen LogP contribution in [0.15, 0.2) is 42.5 Å². The van der Waals surface area contributed by atoms with E-state index in [1.807, 2.05) is 12.1 Å². The number of nitrogens with one attached hydrogen (secondary N) is 2. The number of rotatable bonds is 8. The summed E-state index contributed by atoms with van der Waals surface area (Å²) in [4.78, 5) is 31.5. The van der Waals surface area contributed by atoms with Gasteiger partial charge in [0.15, 0.2) is 6.61 Å². The first-order valence-electron chi connectivity index (χ1n) is 10.7. The Hall–Kier alpha value is -3.54. The van der Waals surface area contributed by atoms with Gasteiger partial charge in [-0.1, -0.05) is 18.2 Å². The number of amides is 2. The zero-order valence-corrected chi connectivity index (χ0v) is 18.6. The van der Waals surface area contributed by atoms with Gasteiger partial charge >= 0.3 is 12.5 Å². The number of alkyl halides is 3. The molecule has 0 bridgehead atoms. The van der Waals surface area contributed by atoms with E-state index in [1.165, 1.54) is 25.2 Å². The van der Waals surface area contributed by atoms with E-state index in [9.17, 15) is 22.8 Å². The van der Waals surface area contributed by atoms with Crippen LogP contribution in [0.4, 0.5) is 23.8 Å². The van der Waals surface area contributed by atoms with E-state index in [4.69, 9.17) is 4.74 Å². The molecule has 1 fully saturated rings. The summed E-state index contributed by atoms with van der Waals surface area (Å²) in [7, 11) is 1.46. The Bertz CT molecular complexity index is 981. The highest BCUT2D eigenvalue weighted by atomic mass is 19.4. The van der Waals surface area contributed by atoms with E-state index < -0.39 is 12.5 Å². The molecular weight excluding hydrogens is 455 g/mol. The normalized spacial score (nSPS) is 14.4. The standard InChI is InChI=1S/C22H26F3N5O4/c1-26-20(31)15-33-21(32)27-8-9-29-10-12-30(13-11-29)19-7-3-6-18(28-19)16-4-2-5-17(14-16)34-22(23,24)25/h2-7,14H,8-13,15H2,1H3,(H,26,31)(H,27,32). The van der Waals surface area contributed by atoms with Crippen LogP contribution in [0.2, 0.25) is 0 Å². The predicted molar refractivity (Wildman–Crippen MR) is 118 cm³/mol. The molecule has 2 heterocycles. The van der Waals surface area contributed by atoms with Crippen LogP contribution in [-0.4, -0.2) is 81.2 Å². The summed E-state index contributed by atoms with van der Waals surface area (Å²) in [5.41, 5.74) is 1.07. The SMILES string of the molecule is CNC(=O)COC(=O)NCCN1CCN(c2cccc(-c3cccc(OC(F)(F)F)c3)n2)CC1. The minimum atomic E-state index is -4.75. The molecule has 1 aliphatic rings. The molecule has 2 amide bonds. The number of alkyl carbamates (subject to hydrolysis) is 1. The minimum Gasteiger partial charge on any atom is -0.439 e. The van der Waals surface area contributed by atoms with Crippen LogP contribution in [0, 0.1) is 0 Å². The summed E-state index contributed by atoms with van der Waals surface area (Å²) < 4.78 is 46.3. The molecular formula is C22H26F3N5O4. The average molecular weight is 481 g/mol. The highest BCUT2D eigenvalue weighted by molar-refractivity contribution is 5.79. The summed E-state index contributed by atoms with van der Waals surface area (Å²) in [5, 5.41) is 4.97. The van der Waals surface area contributed by atoms with Crippen molar-refractivity contribution in [1.82, 2.24) is 20.5 Å².